The smallest absolute Gasteiger partial charge is 0.310 e. The van der Waals surface area contributed by atoms with Gasteiger partial charge in [0.05, 0.1) is 18.1 Å². The van der Waals surface area contributed by atoms with E-state index in [1.165, 1.54) is 39.5 Å². The van der Waals surface area contributed by atoms with Crippen LogP contribution in [0.25, 0.3) is 0 Å². The zero-order chi connectivity index (χ0) is 16.0. The minimum atomic E-state index is -0.589. The predicted octanol–water partition coefficient (Wildman–Crippen LogP) is 1.34. The molecule has 1 aromatic carbocycles. The van der Waals surface area contributed by atoms with Crippen molar-refractivity contribution < 1.29 is 23.9 Å². The van der Waals surface area contributed by atoms with Gasteiger partial charge in [0.2, 0.25) is 0 Å². The van der Waals surface area contributed by atoms with Crippen LogP contribution in [0.15, 0.2) is 18.2 Å². The lowest BCUT2D eigenvalue weighted by molar-refractivity contribution is -0.385. The highest BCUT2D eigenvalue weighted by Crippen LogP contribution is 2.27. The van der Waals surface area contributed by atoms with Gasteiger partial charge in [-0.25, -0.2) is 0 Å². The number of hydrogen-bond donors (Lipinski definition) is 1. The SMILES string of the molecule is COc1cc(C(=O)NC(C)C(OC)OC)ccc1[N+](=O)[O-]. The number of nitro groups is 1. The quantitative estimate of drug-likeness (QED) is 0.463. The molecule has 0 aromatic heterocycles. The van der Waals surface area contributed by atoms with Crippen molar-refractivity contribution in [2.45, 2.75) is 19.3 Å². The number of nitro benzene ring substituents is 1. The Kier molecular flexibility index (Phi) is 6.07. The molecule has 1 N–H and O–H groups in total. The van der Waals surface area contributed by atoms with Gasteiger partial charge in [-0.05, 0) is 13.0 Å². The highest BCUT2D eigenvalue weighted by atomic mass is 16.7. The van der Waals surface area contributed by atoms with E-state index in [4.69, 9.17) is 14.2 Å². The van der Waals surface area contributed by atoms with Gasteiger partial charge < -0.3 is 19.5 Å². The van der Waals surface area contributed by atoms with Gasteiger partial charge in [-0.1, -0.05) is 0 Å². The molecule has 21 heavy (non-hydrogen) atoms. The summed E-state index contributed by atoms with van der Waals surface area (Å²) in [6.45, 7) is 1.72. The van der Waals surface area contributed by atoms with Crippen LogP contribution in [0.2, 0.25) is 0 Å². The first-order chi connectivity index (χ1) is 9.94. The van der Waals surface area contributed by atoms with E-state index in [-0.39, 0.29) is 17.0 Å². The monoisotopic (exact) mass is 298 g/mol. The second-order valence-corrected chi connectivity index (χ2v) is 4.25. The standard InChI is InChI=1S/C13H18N2O6/c1-8(13(20-3)21-4)14-12(16)9-5-6-10(15(17)18)11(7-9)19-2/h5-8,13H,1-4H3,(H,14,16). The van der Waals surface area contributed by atoms with Crippen LogP contribution < -0.4 is 10.1 Å². The Balaban J connectivity index is 2.91. The summed E-state index contributed by atoms with van der Waals surface area (Å²) in [6.07, 6.45) is -0.589. The van der Waals surface area contributed by atoms with E-state index in [9.17, 15) is 14.9 Å². The number of carbonyl (C=O) groups excluding carboxylic acids is 1. The lowest BCUT2D eigenvalue weighted by atomic mass is 10.1. The molecule has 1 amide bonds. The second kappa shape index (κ2) is 7.55. The van der Waals surface area contributed by atoms with Crippen molar-refractivity contribution >= 4 is 11.6 Å². The van der Waals surface area contributed by atoms with Crippen molar-refractivity contribution in [3.05, 3.63) is 33.9 Å². The number of benzene rings is 1. The zero-order valence-electron chi connectivity index (χ0n) is 12.3. The first kappa shape index (κ1) is 16.9. The van der Waals surface area contributed by atoms with Crippen molar-refractivity contribution in [2.75, 3.05) is 21.3 Å². The fourth-order valence-electron chi connectivity index (χ4n) is 1.83. The van der Waals surface area contributed by atoms with E-state index < -0.39 is 23.2 Å². The van der Waals surface area contributed by atoms with Crippen LogP contribution in [0.3, 0.4) is 0 Å². The molecule has 0 aliphatic heterocycles. The van der Waals surface area contributed by atoms with Gasteiger partial charge in [0, 0.05) is 31.9 Å². The maximum atomic E-state index is 12.1. The number of nitrogens with zero attached hydrogens (tertiary/aromatic N) is 1. The Morgan fingerprint density at radius 3 is 2.38 bits per heavy atom. The first-order valence-electron chi connectivity index (χ1n) is 6.13. The number of ether oxygens (including phenoxy) is 3. The van der Waals surface area contributed by atoms with Crippen molar-refractivity contribution in [3.63, 3.8) is 0 Å². The van der Waals surface area contributed by atoms with Crippen LogP contribution in [0, 0.1) is 10.1 Å². The summed E-state index contributed by atoms with van der Waals surface area (Å²) in [5.41, 5.74) is 0.0454. The largest absolute Gasteiger partial charge is 0.490 e. The minimum absolute atomic E-state index is 0.0235. The molecule has 1 unspecified atom stereocenters. The summed E-state index contributed by atoms with van der Waals surface area (Å²) >= 11 is 0. The van der Waals surface area contributed by atoms with Crippen LogP contribution in [-0.4, -0.2) is 44.5 Å². The molecule has 8 nitrogen and oxygen atoms in total. The average Bonchev–Trinajstić information content (AvgIpc) is 2.47. The third-order valence-electron chi connectivity index (χ3n) is 2.87. The molecule has 0 bridgehead atoms. The Hall–Kier alpha value is -2.19. The molecule has 0 radical (unpaired) electrons. The summed E-state index contributed by atoms with van der Waals surface area (Å²) in [6, 6.07) is 3.50. The molecule has 0 heterocycles. The number of nitrogens with one attached hydrogen (secondary N) is 1. The molecule has 0 aliphatic carbocycles. The van der Waals surface area contributed by atoms with Gasteiger partial charge in [-0.3, -0.25) is 14.9 Å². The molecule has 1 rings (SSSR count). The summed E-state index contributed by atoms with van der Waals surface area (Å²) in [5.74, 6) is -0.384. The Bertz CT molecular complexity index is 515. The van der Waals surface area contributed by atoms with E-state index in [0.29, 0.717) is 0 Å². The number of amides is 1. The van der Waals surface area contributed by atoms with Gasteiger partial charge in [-0.15, -0.1) is 0 Å². The average molecular weight is 298 g/mol. The molecule has 116 valence electrons. The Morgan fingerprint density at radius 1 is 1.29 bits per heavy atom. The maximum Gasteiger partial charge on any atom is 0.310 e. The van der Waals surface area contributed by atoms with Crippen molar-refractivity contribution in [1.29, 1.82) is 0 Å². The van der Waals surface area contributed by atoms with E-state index in [2.05, 4.69) is 5.32 Å². The topological polar surface area (TPSA) is 99.9 Å². The summed E-state index contributed by atoms with van der Waals surface area (Å²) in [5, 5.41) is 13.5. The van der Waals surface area contributed by atoms with Crippen molar-refractivity contribution in [3.8, 4) is 5.75 Å². The van der Waals surface area contributed by atoms with E-state index >= 15 is 0 Å². The number of methoxy groups -OCH3 is 3. The third kappa shape index (κ3) is 4.14. The molecule has 0 spiro atoms. The molecular weight excluding hydrogens is 280 g/mol. The molecule has 1 atom stereocenters. The second-order valence-electron chi connectivity index (χ2n) is 4.25. The summed E-state index contributed by atoms with van der Waals surface area (Å²) in [4.78, 5) is 22.3. The van der Waals surface area contributed by atoms with Gasteiger partial charge in [0.15, 0.2) is 12.0 Å². The highest BCUT2D eigenvalue weighted by molar-refractivity contribution is 5.95. The lowest BCUT2D eigenvalue weighted by Gasteiger charge is -2.22. The molecule has 0 fully saturated rings. The van der Waals surface area contributed by atoms with Crippen LogP contribution in [0.1, 0.15) is 17.3 Å². The summed E-state index contributed by atoms with van der Waals surface area (Å²) in [7, 11) is 4.23. The summed E-state index contributed by atoms with van der Waals surface area (Å²) < 4.78 is 15.0. The van der Waals surface area contributed by atoms with Crippen molar-refractivity contribution in [2.24, 2.45) is 0 Å². The molecular formula is C13H18N2O6. The molecule has 0 aliphatic rings. The van der Waals surface area contributed by atoms with Crippen LogP contribution in [0.5, 0.6) is 5.75 Å². The fraction of sp³-hybridized carbons (Fsp3) is 0.462. The predicted molar refractivity (Wildman–Crippen MR) is 74.4 cm³/mol. The highest BCUT2D eigenvalue weighted by Gasteiger charge is 2.21. The normalized spacial score (nSPS) is 12.0. The van der Waals surface area contributed by atoms with Gasteiger partial charge in [0.25, 0.3) is 5.91 Å². The molecule has 8 heteroatoms. The molecule has 1 aromatic rings. The fourth-order valence-corrected chi connectivity index (χ4v) is 1.83. The van der Waals surface area contributed by atoms with Gasteiger partial charge >= 0.3 is 5.69 Å². The molecule has 0 saturated heterocycles. The number of carbonyl (C=O) groups is 1. The Labute approximate surface area is 122 Å². The number of hydrogen-bond acceptors (Lipinski definition) is 6. The minimum Gasteiger partial charge on any atom is -0.490 e. The molecule has 0 saturated carbocycles. The lowest BCUT2D eigenvalue weighted by Crippen LogP contribution is -2.42. The van der Waals surface area contributed by atoms with Gasteiger partial charge in [0.1, 0.15) is 0 Å². The third-order valence-corrected chi connectivity index (χ3v) is 2.87. The number of rotatable bonds is 7. The van der Waals surface area contributed by atoms with E-state index in [1.807, 2.05) is 0 Å². The van der Waals surface area contributed by atoms with Crippen LogP contribution in [0.4, 0.5) is 5.69 Å². The van der Waals surface area contributed by atoms with E-state index in [0.717, 1.165) is 0 Å². The first-order valence-corrected chi connectivity index (χ1v) is 6.13. The Morgan fingerprint density at radius 2 is 1.90 bits per heavy atom. The van der Waals surface area contributed by atoms with Crippen molar-refractivity contribution in [1.82, 2.24) is 5.32 Å². The van der Waals surface area contributed by atoms with E-state index in [1.54, 1.807) is 6.92 Å². The van der Waals surface area contributed by atoms with Gasteiger partial charge in [-0.2, -0.15) is 0 Å². The zero-order valence-corrected chi connectivity index (χ0v) is 12.3. The van der Waals surface area contributed by atoms with Crippen LogP contribution >= 0.6 is 0 Å². The van der Waals surface area contributed by atoms with Crippen LogP contribution in [-0.2, 0) is 9.47 Å². The maximum absolute atomic E-state index is 12.1.